The zero-order chi connectivity index (χ0) is 54.5. The number of carbonyl (C=O) groups is 3. The predicted octanol–water partition coefficient (Wildman–Crippen LogP) is -0.878. The molecule has 1 heterocycles. The van der Waals surface area contributed by atoms with Crippen LogP contribution in [0, 0.1) is 46.3 Å². The van der Waals surface area contributed by atoms with Crippen LogP contribution in [0.3, 0.4) is 0 Å². The molecule has 0 radical (unpaired) electrons. The van der Waals surface area contributed by atoms with Crippen LogP contribution in [-0.2, 0) is 65.9 Å². The number of aliphatic carboxylic acids is 3. The summed E-state index contributed by atoms with van der Waals surface area (Å²) in [5.41, 5.74) is 6.81. The van der Waals surface area contributed by atoms with E-state index in [1.165, 1.54) is 75.6 Å². The number of hydrogen-bond donors (Lipinski definition) is 3. The van der Waals surface area contributed by atoms with Crippen molar-refractivity contribution in [3.63, 3.8) is 0 Å². The van der Waals surface area contributed by atoms with Gasteiger partial charge in [0, 0.05) is 62.9 Å². The fourth-order valence-corrected chi connectivity index (χ4v) is 15.6. The number of rotatable bonds is 15. The summed E-state index contributed by atoms with van der Waals surface area (Å²) in [4.78, 5) is 35.9. The maximum absolute atomic E-state index is 12.0. The van der Waals surface area contributed by atoms with Gasteiger partial charge in [0.25, 0.3) is 0 Å². The van der Waals surface area contributed by atoms with Crippen molar-refractivity contribution < 1.29 is 138 Å². The number of benzene rings is 4. The first-order valence-corrected chi connectivity index (χ1v) is 28.2. The summed E-state index contributed by atoms with van der Waals surface area (Å²) in [5.74, 6) is 0.524. The second-order valence-electron chi connectivity index (χ2n) is 24.7. The average molecular weight is 1110 g/mol. The summed E-state index contributed by atoms with van der Waals surface area (Å²) in [6, 6.07) is 14.9. The molecule has 16 heteroatoms. The number of aromatic nitrogens is 3. The number of carboxylic acid groups (broad SMARTS) is 3. The molecule has 5 aliphatic rings. The minimum Gasteiger partial charge on any atom is -0.550 e. The van der Waals surface area contributed by atoms with E-state index in [1.807, 2.05) is 29.1 Å². The first kappa shape index (κ1) is 63.9. The van der Waals surface area contributed by atoms with Crippen LogP contribution in [0.15, 0.2) is 72.4 Å². The van der Waals surface area contributed by atoms with Gasteiger partial charge in [0.2, 0.25) is 0 Å². The third-order valence-electron chi connectivity index (χ3n) is 19.3. The van der Waals surface area contributed by atoms with Crippen LogP contribution in [0.25, 0.3) is 0 Å². The number of phenolic OH excluding ortho intramolecular Hbond substituents is 3. The van der Waals surface area contributed by atoms with Gasteiger partial charge in [-0.3, -0.25) is 0 Å². The molecular formula is C64H74N3Na3O10. The van der Waals surface area contributed by atoms with E-state index in [1.54, 1.807) is 17.7 Å². The second kappa shape index (κ2) is 26.5. The Bertz CT molecular complexity index is 3020. The van der Waals surface area contributed by atoms with E-state index in [-0.39, 0.29) is 177 Å². The molecule has 4 aromatic carbocycles. The topological polar surface area (TPSA) is 221 Å². The molecule has 8 unspecified atom stereocenters. The number of fused-ring (bicyclic) bond motifs is 13. The summed E-state index contributed by atoms with van der Waals surface area (Å²) in [6.45, 7) is 12.5. The summed E-state index contributed by atoms with van der Waals surface area (Å²) >= 11 is 0. The van der Waals surface area contributed by atoms with E-state index < -0.39 is 37.2 Å². The molecule has 0 aliphatic heterocycles. The Morgan fingerprint density at radius 1 is 0.675 bits per heavy atom. The fourth-order valence-electron chi connectivity index (χ4n) is 15.6. The Kier molecular flexibility index (Phi) is 21.2. The first-order chi connectivity index (χ1) is 36.8. The Labute approximate surface area is 537 Å². The van der Waals surface area contributed by atoms with Gasteiger partial charge in [0.05, 0.1) is 12.2 Å². The second-order valence-corrected chi connectivity index (χ2v) is 24.7. The Balaban J connectivity index is 0.00000308. The smallest absolute Gasteiger partial charge is 0.550 e. The molecule has 8 atom stereocenters. The van der Waals surface area contributed by atoms with Crippen LogP contribution < -0.4 is 109 Å². The maximum atomic E-state index is 12.0. The van der Waals surface area contributed by atoms with Gasteiger partial charge in [-0.05, 0) is 159 Å². The number of para-hydroxylation sites is 1. The van der Waals surface area contributed by atoms with Crippen molar-refractivity contribution in [2.24, 2.45) is 46.3 Å². The number of phenols is 3. The van der Waals surface area contributed by atoms with Gasteiger partial charge < -0.3 is 49.8 Å². The SMILES string of the molecule is CC(C)CCCC(C)C1CCC2C3CC=C4CC(n5cc(COc6c7cccc6Cc6cc(CC(=O)[O-])cc(c6O)Cc6cc(CC(=O)[O-])cc(c6O)Cc6cc(CC(=O)[O-])cc(c6O)C7)nn5)CCC4(C)C3CCC12C.[Na+].[Na+].[Na+]. The number of allylic oxidation sites excluding steroid dienone is 2. The quantitative estimate of drug-likeness (QED) is 0.0844. The summed E-state index contributed by atoms with van der Waals surface area (Å²) in [5, 5.41) is 81.1. The molecule has 8 bridgehead atoms. The van der Waals surface area contributed by atoms with Crippen molar-refractivity contribution in [3.8, 4) is 23.0 Å². The summed E-state index contributed by atoms with van der Waals surface area (Å²) < 4.78 is 8.78. The zero-order valence-electron chi connectivity index (χ0n) is 48.4. The van der Waals surface area contributed by atoms with Crippen LogP contribution >= 0.6 is 0 Å². The fraction of sp³-hybridized carbons (Fsp3) is 0.516. The number of hydrogen-bond acceptors (Lipinski definition) is 12. The number of ether oxygens (including phenoxy) is 1. The van der Waals surface area contributed by atoms with Crippen molar-refractivity contribution >= 4 is 17.9 Å². The number of carboxylic acids is 3. The number of aromatic hydroxyl groups is 3. The molecule has 408 valence electrons. The average Bonchev–Trinajstić information content (AvgIpc) is 4.10. The van der Waals surface area contributed by atoms with Crippen molar-refractivity contribution in [2.75, 3.05) is 0 Å². The normalized spacial score (nSPS) is 24.1. The third kappa shape index (κ3) is 13.5. The van der Waals surface area contributed by atoms with E-state index in [0.717, 1.165) is 48.9 Å². The minimum atomic E-state index is -1.37. The van der Waals surface area contributed by atoms with E-state index in [4.69, 9.17) is 9.95 Å². The molecule has 0 spiro atoms. The standard InChI is InChI=1S/C64H77N3O10.3Na/c1-36(2)8-6-9-37(3)53-14-15-54-52-13-12-49-33-51(16-18-63(49,4)55(52)17-19-64(53,54)5)67-34-50(65-66-67)35-77-62-41-10-7-11-42(62)30-44-21-39(27-57(70)71)23-46(60(44)75)32-48-25-40(28-58(72)73)24-47(61(48)76)31-45-22-38(26-56(68)69)20-43(29-41)59(45)74;;;/h7,10-12,20-25,34,36-37,51-55,74-76H,6,8-9,13-19,26-33,35H2,1-5H3,(H,68,69)(H,70,71)(H,72,73);;;/q;3*+1/p-3. The monoisotopic (exact) mass is 1110 g/mol. The zero-order valence-corrected chi connectivity index (χ0v) is 54.4. The van der Waals surface area contributed by atoms with Gasteiger partial charge in [-0.1, -0.05) is 125 Å². The largest absolute Gasteiger partial charge is 1.00 e. The van der Waals surface area contributed by atoms with E-state index in [2.05, 4.69) is 45.8 Å². The first-order valence-electron chi connectivity index (χ1n) is 28.2. The van der Waals surface area contributed by atoms with Crippen LogP contribution in [0.1, 0.15) is 178 Å². The number of carbonyl (C=O) groups excluding carboxylic acids is 3. The van der Waals surface area contributed by atoms with Crippen LogP contribution in [0.4, 0.5) is 0 Å². The van der Waals surface area contributed by atoms with E-state index >= 15 is 0 Å². The molecular weight excluding hydrogens is 1040 g/mol. The van der Waals surface area contributed by atoms with Crippen molar-refractivity contribution in [3.05, 3.63) is 139 Å². The van der Waals surface area contributed by atoms with Crippen LogP contribution in [0.2, 0.25) is 0 Å². The molecule has 1 aromatic heterocycles. The predicted molar refractivity (Wildman–Crippen MR) is 285 cm³/mol. The molecule has 0 saturated heterocycles. The van der Waals surface area contributed by atoms with E-state index in [0.29, 0.717) is 56.2 Å². The summed E-state index contributed by atoms with van der Waals surface area (Å²) in [6.07, 6.45) is 16.7. The van der Waals surface area contributed by atoms with Crippen molar-refractivity contribution in [2.45, 2.75) is 163 Å². The molecule has 0 amide bonds. The van der Waals surface area contributed by atoms with Crippen molar-refractivity contribution in [1.29, 1.82) is 0 Å². The molecule has 3 fully saturated rings. The molecule has 10 rings (SSSR count). The Hall–Kier alpha value is -3.63. The van der Waals surface area contributed by atoms with Gasteiger partial charge in [0.15, 0.2) is 0 Å². The Morgan fingerprint density at radius 3 is 1.66 bits per heavy atom. The molecule has 3 saturated carbocycles. The number of nitrogens with zero attached hydrogens (tertiary/aromatic N) is 3. The molecule has 3 N–H and O–H groups in total. The molecule has 5 aliphatic carbocycles. The Morgan fingerprint density at radius 2 is 1.18 bits per heavy atom. The summed E-state index contributed by atoms with van der Waals surface area (Å²) in [7, 11) is 0. The molecule has 13 nitrogen and oxygen atoms in total. The molecule has 80 heavy (non-hydrogen) atoms. The minimum absolute atomic E-state index is 0. The van der Waals surface area contributed by atoms with Gasteiger partial charge in [-0.15, -0.1) is 5.10 Å². The van der Waals surface area contributed by atoms with Crippen LogP contribution in [0.5, 0.6) is 23.0 Å². The van der Waals surface area contributed by atoms with Gasteiger partial charge in [-0.25, -0.2) is 4.68 Å². The maximum Gasteiger partial charge on any atom is 1.00 e. The van der Waals surface area contributed by atoms with Gasteiger partial charge in [0.1, 0.15) is 35.3 Å². The van der Waals surface area contributed by atoms with Gasteiger partial charge in [-0.2, -0.15) is 0 Å². The molecule has 5 aromatic rings. The van der Waals surface area contributed by atoms with Crippen LogP contribution in [-0.4, -0.2) is 48.2 Å². The van der Waals surface area contributed by atoms with E-state index in [9.17, 15) is 45.0 Å². The third-order valence-corrected chi connectivity index (χ3v) is 19.3. The van der Waals surface area contributed by atoms with Crippen molar-refractivity contribution in [1.82, 2.24) is 15.0 Å². The van der Waals surface area contributed by atoms with Gasteiger partial charge >= 0.3 is 88.7 Å².